The molecular weight excluding hydrogens is 166 g/mol. The van der Waals surface area contributed by atoms with Gasteiger partial charge in [0.2, 0.25) is 0 Å². The molecule has 0 atom stereocenters. The number of nitrogens with zero attached hydrogens (tertiary/aromatic N) is 3. The monoisotopic (exact) mass is 183 g/mol. The van der Waals surface area contributed by atoms with E-state index in [0.717, 1.165) is 0 Å². The smallest absolute Gasteiger partial charge is 0.189 e. The van der Waals surface area contributed by atoms with E-state index in [1.54, 1.807) is 0 Å². The maximum absolute atomic E-state index is 11.7. The van der Waals surface area contributed by atoms with Crippen LogP contribution < -0.4 is 0 Å². The SMILES string of the molecule is CN(C)CC(=O)C1N(C)C=CN1C. The van der Waals surface area contributed by atoms with Crippen LogP contribution in [0.1, 0.15) is 0 Å². The van der Waals surface area contributed by atoms with Gasteiger partial charge >= 0.3 is 0 Å². The Bertz CT molecular complexity index is 213. The first-order valence-corrected chi connectivity index (χ1v) is 4.32. The predicted molar refractivity (Wildman–Crippen MR) is 52.0 cm³/mol. The lowest BCUT2D eigenvalue weighted by Gasteiger charge is -2.26. The number of likely N-dealkylation sites (N-methyl/N-ethyl adjacent to an activating group) is 3. The summed E-state index contributed by atoms with van der Waals surface area (Å²) in [6.07, 6.45) is 3.71. The molecule has 0 spiro atoms. The summed E-state index contributed by atoms with van der Waals surface area (Å²) in [4.78, 5) is 17.4. The van der Waals surface area contributed by atoms with E-state index in [1.165, 1.54) is 0 Å². The highest BCUT2D eigenvalue weighted by atomic mass is 16.1. The number of hydrogen-bond acceptors (Lipinski definition) is 4. The number of rotatable bonds is 3. The summed E-state index contributed by atoms with van der Waals surface area (Å²) in [6, 6.07) is 0. The lowest BCUT2D eigenvalue weighted by molar-refractivity contribution is -0.126. The Morgan fingerprint density at radius 1 is 1.31 bits per heavy atom. The van der Waals surface area contributed by atoms with Gasteiger partial charge < -0.3 is 14.7 Å². The highest BCUT2D eigenvalue weighted by Gasteiger charge is 2.27. The predicted octanol–water partition coefficient (Wildman–Crippen LogP) is -0.208. The lowest BCUT2D eigenvalue weighted by atomic mass is 10.2. The molecule has 1 rings (SSSR count). The highest BCUT2D eigenvalue weighted by molar-refractivity contribution is 5.86. The van der Waals surface area contributed by atoms with Crippen LogP contribution in [0.5, 0.6) is 0 Å². The third kappa shape index (κ3) is 2.21. The highest BCUT2D eigenvalue weighted by Crippen LogP contribution is 2.12. The van der Waals surface area contributed by atoms with Crippen molar-refractivity contribution in [2.24, 2.45) is 0 Å². The molecule has 0 radical (unpaired) electrons. The first-order valence-electron chi connectivity index (χ1n) is 4.32. The summed E-state index contributed by atoms with van der Waals surface area (Å²) in [5.41, 5.74) is 0. The second-order valence-corrected chi connectivity index (χ2v) is 3.71. The van der Waals surface area contributed by atoms with Crippen molar-refractivity contribution in [3.8, 4) is 0 Å². The minimum absolute atomic E-state index is 0.123. The van der Waals surface area contributed by atoms with Crippen LogP contribution in [-0.2, 0) is 4.79 Å². The van der Waals surface area contributed by atoms with Crippen molar-refractivity contribution in [3.05, 3.63) is 12.4 Å². The number of ketones is 1. The molecule has 0 N–H and O–H groups in total. The number of hydrogen-bond donors (Lipinski definition) is 0. The normalized spacial score (nSPS) is 17.6. The van der Waals surface area contributed by atoms with Gasteiger partial charge in [0.25, 0.3) is 0 Å². The fourth-order valence-electron chi connectivity index (χ4n) is 1.51. The van der Waals surface area contributed by atoms with E-state index in [4.69, 9.17) is 0 Å². The Morgan fingerprint density at radius 3 is 2.15 bits per heavy atom. The van der Waals surface area contributed by atoms with Crippen LogP contribution in [0.25, 0.3) is 0 Å². The van der Waals surface area contributed by atoms with E-state index >= 15 is 0 Å². The van der Waals surface area contributed by atoms with Crippen LogP contribution in [-0.4, -0.2) is 61.4 Å². The quantitative estimate of drug-likeness (QED) is 0.605. The van der Waals surface area contributed by atoms with Gasteiger partial charge in [-0.15, -0.1) is 0 Å². The molecule has 1 heterocycles. The van der Waals surface area contributed by atoms with E-state index in [1.807, 2.05) is 55.3 Å². The maximum Gasteiger partial charge on any atom is 0.189 e. The first kappa shape index (κ1) is 10.1. The Kier molecular flexibility index (Phi) is 2.93. The zero-order chi connectivity index (χ0) is 10.0. The summed E-state index contributed by atoms with van der Waals surface area (Å²) >= 11 is 0. The van der Waals surface area contributed by atoms with E-state index in [-0.39, 0.29) is 11.9 Å². The van der Waals surface area contributed by atoms with Gasteiger partial charge in [0.15, 0.2) is 11.9 Å². The molecule has 0 amide bonds. The molecule has 4 heteroatoms. The average molecular weight is 183 g/mol. The molecule has 0 aromatic heterocycles. The summed E-state index contributed by atoms with van der Waals surface area (Å²) in [6.45, 7) is 0.487. The van der Waals surface area contributed by atoms with Crippen LogP contribution in [0, 0.1) is 0 Å². The van der Waals surface area contributed by atoms with Crippen LogP contribution in [0.3, 0.4) is 0 Å². The van der Waals surface area contributed by atoms with Crippen molar-refractivity contribution in [2.45, 2.75) is 6.17 Å². The Labute approximate surface area is 79.4 Å². The summed E-state index contributed by atoms with van der Waals surface area (Å²) < 4.78 is 0. The van der Waals surface area contributed by atoms with Gasteiger partial charge in [-0.2, -0.15) is 0 Å². The van der Waals surface area contributed by atoms with Crippen LogP contribution in [0.4, 0.5) is 0 Å². The second-order valence-electron chi connectivity index (χ2n) is 3.71. The fraction of sp³-hybridized carbons (Fsp3) is 0.667. The summed E-state index contributed by atoms with van der Waals surface area (Å²) in [5, 5.41) is 0. The zero-order valence-electron chi connectivity index (χ0n) is 8.69. The van der Waals surface area contributed by atoms with Crippen LogP contribution in [0.15, 0.2) is 12.4 Å². The topological polar surface area (TPSA) is 26.8 Å². The molecule has 74 valence electrons. The molecule has 0 aliphatic carbocycles. The van der Waals surface area contributed by atoms with Crippen LogP contribution in [0.2, 0.25) is 0 Å². The minimum atomic E-state index is -0.123. The zero-order valence-corrected chi connectivity index (χ0v) is 8.69. The summed E-state index contributed by atoms with van der Waals surface area (Å²) in [7, 11) is 7.64. The third-order valence-corrected chi connectivity index (χ3v) is 2.07. The first-order chi connectivity index (χ1) is 6.02. The van der Waals surface area contributed by atoms with E-state index in [0.29, 0.717) is 6.54 Å². The molecule has 0 fully saturated rings. The van der Waals surface area contributed by atoms with E-state index in [2.05, 4.69) is 0 Å². The van der Waals surface area contributed by atoms with Crippen molar-refractivity contribution in [1.82, 2.24) is 14.7 Å². The molecule has 0 aromatic carbocycles. The molecule has 0 bridgehead atoms. The van der Waals surface area contributed by atoms with Gasteiger partial charge in [-0.3, -0.25) is 4.79 Å². The van der Waals surface area contributed by atoms with Crippen molar-refractivity contribution >= 4 is 5.78 Å². The molecule has 0 saturated carbocycles. The number of Topliss-reactive ketones (excluding diaryl/α,β-unsaturated/α-hetero) is 1. The van der Waals surface area contributed by atoms with Crippen molar-refractivity contribution < 1.29 is 4.79 Å². The molecular formula is C9H17N3O. The summed E-state index contributed by atoms with van der Waals surface area (Å²) in [5.74, 6) is 0.222. The van der Waals surface area contributed by atoms with Gasteiger partial charge in [0.05, 0.1) is 6.54 Å². The maximum atomic E-state index is 11.7. The Hall–Kier alpha value is -1.03. The van der Waals surface area contributed by atoms with Gasteiger partial charge in [0.1, 0.15) is 0 Å². The van der Waals surface area contributed by atoms with Crippen LogP contribution >= 0.6 is 0 Å². The standard InChI is InChI=1S/C9H17N3O/c1-10(2)7-8(13)9-11(3)5-6-12(9)4/h5-6,9H,7H2,1-4H3. The molecule has 1 aliphatic heterocycles. The minimum Gasteiger partial charge on any atom is -0.353 e. The average Bonchev–Trinajstić information content (AvgIpc) is 2.29. The van der Waals surface area contributed by atoms with Crippen molar-refractivity contribution in [3.63, 3.8) is 0 Å². The fourth-order valence-corrected chi connectivity index (χ4v) is 1.51. The van der Waals surface area contributed by atoms with Crippen molar-refractivity contribution in [1.29, 1.82) is 0 Å². The van der Waals surface area contributed by atoms with E-state index < -0.39 is 0 Å². The molecule has 4 nitrogen and oxygen atoms in total. The van der Waals surface area contributed by atoms with E-state index in [9.17, 15) is 4.79 Å². The van der Waals surface area contributed by atoms with Gasteiger partial charge in [0, 0.05) is 26.5 Å². The van der Waals surface area contributed by atoms with Crippen molar-refractivity contribution in [2.75, 3.05) is 34.7 Å². The Morgan fingerprint density at radius 2 is 1.77 bits per heavy atom. The van der Waals surface area contributed by atoms with Gasteiger partial charge in [-0.05, 0) is 14.1 Å². The molecule has 13 heavy (non-hydrogen) atoms. The molecule has 1 aliphatic rings. The molecule has 0 unspecified atom stereocenters. The second kappa shape index (κ2) is 3.79. The number of carbonyl (C=O) groups is 1. The number of carbonyl (C=O) groups excluding carboxylic acids is 1. The van der Waals surface area contributed by atoms with Gasteiger partial charge in [-0.25, -0.2) is 0 Å². The lowest BCUT2D eigenvalue weighted by Crippen LogP contribution is -2.45. The molecule has 0 saturated heterocycles. The third-order valence-electron chi connectivity index (χ3n) is 2.07. The van der Waals surface area contributed by atoms with Gasteiger partial charge in [-0.1, -0.05) is 0 Å². The molecule has 0 aromatic rings. The Balaban J connectivity index is 2.56. The largest absolute Gasteiger partial charge is 0.353 e.